The molecule has 0 aromatic carbocycles. The summed E-state index contributed by atoms with van der Waals surface area (Å²) in [5, 5.41) is 9.21. The Morgan fingerprint density at radius 2 is 1.84 bits per heavy atom. The van der Waals surface area contributed by atoms with Crippen LogP contribution in [0.5, 0.6) is 0 Å². The Balaban J connectivity index is 2.07. The maximum Gasteiger partial charge on any atom is 0.390 e. The summed E-state index contributed by atoms with van der Waals surface area (Å²) in [6.45, 7) is -0.179. The minimum absolute atomic E-state index is 0.0333. The number of nitrogens with zero attached hydrogens (tertiary/aromatic N) is 1. The fourth-order valence-corrected chi connectivity index (χ4v) is 3.57. The summed E-state index contributed by atoms with van der Waals surface area (Å²) in [4.78, 5) is 12.9. The lowest BCUT2D eigenvalue weighted by Crippen LogP contribution is -2.55. The number of fused-ring (bicyclic) bond motifs is 1. The highest BCUT2D eigenvalue weighted by Gasteiger charge is 2.42. The molecule has 2 fully saturated rings. The first-order chi connectivity index (χ1) is 8.88. The molecule has 0 spiro atoms. The molecule has 1 aliphatic heterocycles. The summed E-state index contributed by atoms with van der Waals surface area (Å²) in [5.41, 5.74) is 0. The predicted octanol–water partition coefficient (Wildman–Crippen LogP) is 3.05. The fourth-order valence-electron chi connectivity index (χ4n) is 3.57. The quantitative estimate of drug-likeness (QED) is 0.863. The van der Waals surface area contributed by atoms with Gasteiger partial charge >= 0.3 is 12.1 Å². The zero-order valence-corrected chi connectivity index (χ0v) is 10.8. The number of aliphatic carboxylic acids is 1. The Kier molecular flexibility index (Phi) is 4.38. The number of halogens is 3. The van der Waals surface area contributed by atoms with Crippen molar-refractivity contribution in [2.75, 3.05) is 6.54 Å². The molecule has 2 rings (SSSR count). The highest BCUT2D eigenvalue weighted by Crippen LogP contribution is 2.38. The first kappa shape index (κ1) is 14.6. The van der Waals surface area contributed by atoms with E-state index in [1.165, 1.54) is 0 Å². The van der Waals surface area contributed by atoms with E-state index in [0.29, 0.717) is 12.3 Å². The van der Waals surface area contributed by atoms with Crippen molar-refractivity contribution in [2.24, 2.45) is 5.92 Å². The van der Waals surface area contributed by atoms with E-state index in [0.717, 1.165) is 32.1 Å². The van der Waals surface area contributed by atoms with Crippen LogP contribution in [0.3, 0.4) is 0 Å². The molecule has 0 aromatic heterocycles. The van der Waals surface area contributed by atoms with E-state index in [1.807, 2.05) is 0 Å². The fraction of sp³-hybridized carbons (Fsp3) is 0.923. The van der Waals surface area contributed by atoms with Crippen molar-refractivity contribution in [3.63, 3.8) is 0 Å². The second kappa shape index (κ2) is 5.69. The van der Waals surface area contributed by atoms with Crippen molar-refractivity contribution in [2.45, 2.75) is 63.2 Å². The number of hydrogen-bond acceptors (Lipinski definition) is 2. The average Bonchev–Trinajstić information content (AvgIpc) is 2.34. The topological polar surface area (TPSA) is 40.5 Å². The number of rotatable bonds is 3. The lowest BCUT2D eigenvalue weighted by atomic mass is 9.76. The van der Waals surface area contributed by atoms with Crippen LogP contribution in [0.2, 0.25) is 0 Å². The van der Waals surface area contributed by atoms with E-state index in [-0.39, 0.29) is 12.6 Å². The molecule has 3 atom stereocenters. The van der Waals surface area contributed by atoms with Gasteiger partial charge in [0.1, 0.15) is 6.04 Å². The van der Waals surface area contributed by atoms with Crippen LogP contribution < -0.4 is 0 Å². The Bertz CT molecular complexity index is 332. The summed E-state index contributed by atoms with van der Waals surface area (Å²) in [7, 11) is 0. The molecular weight excluding hydrogens is 259 g/mol. The van der Waals surface area contributed by atoms with Crippen molar-refractivity contribution in [3.8, 4) is 0 Å². The minimum Gasteiger partial charge on any atom is -0.480 e. The molecule has 6 heteroatoms. The summed E-state index contributed by atoms with van der Waals surface area (Å²) in [6.07, 6.45) is 0.164. The van der Waals surface area contributed by atoms with Gasteiger partial charge in [-0.15, -0.1) is 0 Å². The van der Waals surface area contributed by atoms with E-state index in [2.05, 4.69) is 0 Å². The SMILES string of the molecule is O=C(O)C1CCC2CCCCC2N1CCC(F)(F)F. The Hall–Kier alpha value is -0.780. The molecule has 3 nitrogen and oxygen atoms in total. The van der Waals surface area contributed by atoms with Crippen LogP contribution in [0.1, 0.15) is 44.9 Å². The van der Waals surface area contributed by atoms with Gasteiger partial charge in [-0.1, -0.05) is 12.8 Å². The lowest BCUT2D eigenvalue weighted by Gasteiger charge is -2.47. The molecule has 3 unspecified atom stereocenters. The Morgan fingerprint density at radius 1 is 1.16 bits per heavy atom. The van der Waals surface area contributed by atoms with Crippen LogP contribution in [0.25, 0.3) is 0 Å². The van der Waals surface area contributed by atoms with Gasteiger partial charge < -0.3 is 5.11 Å². The van der Waals surface area contributed by atoms with Gasteiger partial charge in [0.2, 0.25) is 0 Å². The van der Waals surface area contributed by atoms with E-state index < -0.39 is 24.6 Å². The van der Waals surface area contributed by atoms with Crippen molar-refractivity contribution in [1.82, 2.24) is 4.90 Å². The zero-order chi connectivity index (χ0) is 14.0. The molecule has 1 saturated carbocycles. The maximum atomic E-state index is 12.4. The van der Waals surface area contributed by atoms with E-state index in [1.54, 1.807) is 4.90 Å². The third kappa shape index (κ3) is 3.61. The third-order valence-electron chi connectivity index (χ3n) is 4.44. The molecule has 0 bridgehead atoms. The van der Waals surface area contributed by atoms with E-state index >= 15 is 0 Å². The minimum atomic E-state index is -4.22. The molecule has 0 amide bonds. The van der Waals surface area contributed by atoms with Gasteiger partial charge in [-0.3, -0.25) is 9.69 Å². The summed E-state index contributed by atoms with van der Waals surface area (Å²) < 4.78 is 37.2. The standard InChI is InChI=1S/C13H20F3NO2/c14-13(15,16)7-8-17-10-4-2-1-3-9(10)5-6-11(17)12(18)19/h9-11H,1-8H2,(H,18,19). The first-order valence-electron chi connectivity index (χ1n) is 6.94. The second-order valence-corrected chi connectivity index (χ2v) is 5.65. The van der Waals surface area contributed by atoms with Crippen LogP contribution >= 0.6 is 0 Å². The second-order valence-electron chi connectivity index (χ2n) is 5.65. The summed E-state index contributed by atoms with van der Waals surface area (Å²) >= 11 is 0. The monoisotopic (exact) mass is 279 g/mol. The van der Waals surface area contributed by atoms with Gasteiger partial charge in [0.25, 0.3) is 0 Å². The highest BCUT2D eigenvalue weighted by atomic mass is 19.4. The third-order valence-corrected chi connectivity index (χ3v) is 4.44. The molecule has 2 aliphatic rings. The van der Waals surface area contributed by atoms with Gasteiger partial charge in [-0.05, 0) is 31.6 Å². The van der Waals surface area contributed by atoms with Crippen molar-refractivity contribution in [1.29, 1.82) is 0 Å². The van der Waals surface area contributed by atoms with Crippen LogP contribution in [-0.2, 0) is 4.79 Å². The molecule has 0 aromatic rings. The number of piperidine rings is 1. The smallest absolute Gasteiger partial charge is 0.390 e. The predicted molar refractivity (Wildman–Crippen MR) is 63.8 cm³/mol. The summed E-state index contributed by atoms with van der Waals surface area (Å²) in [6, 6.07) is -0.701. The lowest BCUT2D eigenvalue weighted by molar-refractivity contribution is -0.157. The Labute approximate surface area is 110 Å². The van der Waals surface area contributed by atoms with Gasteiger partial charge in [0, 0.05) is 12.6 Å². The number of carbonyl (C=O) groups is 1. The average molecular weight is 279 g/mol. The number of carboxylic acid groups (broad SMARTS) is 1. The van der Waals surface area contributed by atoms with Gasteiger partial charge in [0.15, 0.2) is 0 Å². The molecule has 1 aliphatic carbocycles. The van der Waals surface area contributed by atoms with Crippen LogP contribution in [-0.4, -0.2) is 40.8 Å². The van der Waals surface area contributed by atoms with Crippen molar-refractivity contribution in [3.05, 3.63) is 0 Å². The van der Waals surface area contributed by atoms with Crippen molar-refractivity contribution >= 4 is 5.97 Å². The number of hydrogen-bond donors (Lipinski definition) is 1. The van der Waals surface area contributed by atoms with Crippen molar-refractivity contribution < 1.29 is 23.1 Å². The highest BCUT2D eigenvalue weighted by molar-refractivity contribution is 5.73. The number of alkyl halides is 3. The van der Waals surface area contributed by atoms with E-state index in [9.17, 15) is 23.1 Å². The van der Waals surface area contributed by atoms with Gasteiger partial charge in [0.05, 0.1) is 6.42 Å². The van der Waals surface area contributed by atoms with Gasteiger partial charge in [-0.25, -0.2) is 0 Å². The van der Waals surface area contributed by atoms with E-state index in [4.69, 9.17) is 0 Å². The molecule has 1 saturated heterocycles. The van der Waals surface area contributed by atoms with Crippen LogP contribution in [0.15, 0.2) is 0 Å². The van der Waals surface area contributed by atoms with Crippen LogP contribution in [0.4, 0.5) is 13.2 Å². The molecule has 19 heavy (non-hydrogen) atoms. The van der Waals surface area contributed by atoms with Gasteiger partial charge in [-0.2, -0.15) is 13.2 Å². The largest absolute Gasteiger partial charge is 0.480 e. The molecule has 0 radical (unpaired) electrons. The number of likely N-dealkylation sites (tertiary alicyclic amines) is 1. The normalized spacial score (nSPS) is 32.9. The molecule has 1 N–H and O–H groups in total. The molecule has 1 heterocycles. The summed E-state index contributed by atoms with van der Waals surface area (Å²) in [5.74, 6) is -0.594. The zero-order valence-electron chi connectivity index (χ0n) is 10.8. The number of carboxylic acids is 1. The maximum absolute atomic E-state index is 12.4. The Morgan fingerprint density at radius 3 is 2.47 bits per heavy atom. The molecular formula is C13H20F3NO2. The molecule has 110 valence electrons. The van der Waals surface area contributed by atoms with Crippen LogP contribution in [0, 0.1) is 5.92 Å². The first-order valence-corrected chi connectivity index (χ1v) is 6.94.